The molecule has 0 rings (SSSR count). The SMILES string of the molecule is CCC(/C=C\C=C(/N)OCC(C)(C)O)C(C)C. The van der Waals surface area contributed by atoms with Crippen LogP contribution in [-0.4, -0.2) is 17.3 Å². The van der Waals surface area contributed by atoms with Gasteiger partial charge in [-0.05, 0) is 38.2 Å². The zero-order valence-electron chi connectivity index (χ0n) is 11.7. The van der Waals surface area contributed by atoms with Crippen molar-refractivity contribution < 1.29 is 9.84 Å². The van der Waals surface area contributed by atoms with E-state index in [1.165, 1.54) is 0 Å². The van der Waals surface area contributed by atoms with Gasteiger partial charge in [-0.1, -0.05) is 32.9 Å². The van der Waals surface area contributed by atoms with E-state index in [1.807, 2.05) is 6.08 Å². The summed E-state index contributed by atoms with van der Waals surface area (Å²) in [6.07, 6.45) is 6.92. The highest BCUT2D eigenvalue weighted by molar-refractivity contribution is 5.07. The average Bonchev–Trinajstić information content (AvgIpc) is 2.20. The van der Waals surface area contributed by atoms with Crippen molar-refractivity contribution in [2.45, 2.75) is 46.6 Å². The van der Waals surface area contributed by atoms with Crippen molar-refractivity contribution in [2.75, 3.05) is 6.61 Å². The zero-order chi connectivity index (χ0) is 13.5. The van der Waals surface area contributed by atoms with Crippen LogP contribution in [0.2, 0.25) is 0 Å². The molecule has 3 nitrogen and oxygen atoms in total. The fourth-order valence-corrected chi connectivity index (χ4v) is 1.43. The Kier molecular flexibility index (Phi) is 6.97. The second kappa shape index (κ2) is 7.38. The van der Waals surface area contributed by atoms with Gasteiger partial charge in [-0.25, -0.2) is 0 Å². The van der Waals surface area contributed by atoms with Crippen LogP contribution in [0.5, 0.6) is 0 Å². The van der Waals surface area contributed by atoms with Crippen LogP contribution >= 0.6 is 0 Å². The summed E-state index contributed by atoms with van der Waals surface area (Å²) >= 11 is 0. The maximum absolute atomic E-state index is 9.47. The first-order chi connectivity index (χ1) is 7.76. The molecule has 17 heavy (non-hydrogen) atoms. The van der Waals surface area contributed by atoms with Crippen LogP contribution in [0.15, 0.2) is 24.1 Å². The highest BCUT2D eigenvalue weighted by atomic mass is 16.5. The van der Waals surface area contributed by atoms with E-state index in [4.69, 9.17) is 10.5 Å². The lowest BCUT2D eigenvalue weighted by molar-refractivity contribution is 0.00240. The van der Waals surface area contributed by atoms with E-state index in [-0.39, 0.29) is 6.61 Å². The molecule has 0 amide bonds. The zero-order valence-corrected chi connectivity index (χ0v) is 11.7. The predicted molar refractivity (Wildman–Crippen MR) is 72.3 cm³/mol. The first kappa shape index (κ1) is 16.0. The number of rotatable bonds is 7. The van der Waals surface area contributed by atoms with Crippen LogP contribution in [0.3, 0.4) is 0 Å². The smallest absolute Gasteiger partial charge is 0.184 e. The Morgan fingerprint density at radius 1 is 1.41 bits per heavy atom. The van der Waals surface area contributed by atoms with E-state index in [2.05, 4.69) is 26.8 Å². The third-order valence-electron chi connectivity index (χ3n) is 2.54. The van der Waals surface area contributed by atoms with Crippen LogP contribution in [0, 0.1) is 11.8 Å². The van der Waals surface area contributed by atoms with Crippen LogP contribution in [0.1, 0.15) is 41.0 Å². The maximum Gasteiger partial charge on any atom is 0.184 e. The topological polar surface area (TPSA) is 55.5 Å². The van der Waals surface area contributed by atoms with E-state index in [9.17, 15) is 5.11 Å². The van der Waals surface area contributed by atoms with Crippen LogP contribution in [0.4, 0.5) is 0 Å². The van der Waals surface area contributed by atoms with Crippen molar-refractivity contribution in [3.63, 3.8) is 0 Å². The normalized spacial score (nSPS) is 15.6. The molecule has 0 fully saturated rings. The van der Waals surface area contributed by atoms with Gasteiger partial charge >= 0.3 is 0 Å². The summed E-state index contributed by atoms with van der Waals surface area (Å²) in [7, 11) is 0. The molecular weight excluding hydrogens is 214 g/mol. The van der Waals surface area contributed by atoms with Crippen molar-refractivity contribution in [2.24, 2.45) is 17.6 Å². The number of hydrogen-bond donors (Lipinski definition) is 2. The van der Waals surface area contributed by atoms with Crippen LogP contribution in [-0.2, 0) is 4.74 Å². The molecule has 1 atom stereocenters. The monoisotopic (exact) mass is 241 g/mol. The molecule has 0 heterocycles. The second-order valence-corrected chi connectivity index (χ2v) is 5.37. The Hall–Kier alpha value is -0.960. The lowest BCUT2D eigenvalue weighted by Gasteiger charge is -2.17. The molecule has 0 aliphatic carbocycles. The van der Waals surface area contributed by atoms with E-state index in [0.29, 0.717) is 17.7 Å². The second-order valence-electron chi connectivity index (χ2n) is 5.37. The molecule has 3 heteroatoms. The van der Waals surface area contributed by atoms with Crippen LogP contribution < -0.4 is 5.73 Å². The molecule has 0 aromatic carbocycles. The van der Waals surface area contributed by atoms with Crippen molar-refractivity contribution in [3.8, 4) is 0 Å². The Balaban J connectivity index is 4.18. The minimum absolute atomic E-state index is 0.199. The highest BCUT2D eigenvalue weighted by Gasteiger charge is 2.13. The van der Waals surface area contributed by atoms with Gasteiger partial charge in [0.25, 0.3) is 0 Å². The van der Waals surface area contributed by atoms with Gasteiger partial charge in [-0.15, -0.1) is 0 Å². The number of ether oxygens (including phenoxy) is 1. The number of nitrogens with two attached hydrogens (primary N) is 1. The first-order valence-electron chi connectivity index (χ1n) is 6.25. The molecule has 0 saturated heterocycles. The number of allylic oxidation sites excluding steroid dienone is 3. The van der Waals surface area contributed by atoms with Crippen molar-refractivity contribution >= 4 is 0 Å². The Morgan fingerprint density at radius 2 is 2.00 bits per heavy atom. The number of hydrogen-bond acceptors (Lipinski definition) is 3. The molecule has 0 aliphatic rings. The maximum atomic E-state index is 9.47. The van der Waals surface area contributed by atoms with E-state index >= 15 is 0 Å². The van der Waals surface area contributed by atoms with E-state index in [1.54, 1.807) is 19.9 Å². The van der Waals surface area contributed by atoms with Gasteiger partial charge in [0.1, 0.15) is 6.61 Å². The summed E-state index contributed by atoms with van der Waals surface area (Å²) in [5.41, 5.74) is 4.81. The Labute approximate surface area is 105 Å². The first-order valence-corrected chi connectivity index (χ1v) is 6.25. The van der Waals surface area contributed by atoms with Gasteiger partial charge in [-0.2, -0.15) is 0 Å². The van der Waals surface area contributed by atoms with Crippen molar-refractivity contribution in [3.05, 3.63) is 24.1 Å². The molecule has 100 valence electrons. The van der Waals surface area contributed by atoms with Gasteiger partial charge in [0.15, 0.2) is 5.88 Å². The van der Waals surface area contributed by atoms with Crippen LogP contribution in [0.25, 0.3) is 0 Å². The van der Waals surface area contributed by atoms with Crippen molar-refractivity contribution in [1.29, 1.82) is 0 Å². The summed E-state index contributed by atoms with van der Waals surface area (Å²) in [6.45, 7) is 10.1. The van der Waals surface area contributed by atoms with Gasteiger partial charge in [0.2, 0.25) is 0 Å². The fourth-order valence-electron chi connectivity index (χ4n) is 1.43. The fraction of sp³-hybridized carbons (Fsp3) is 0.714. The summed E-state index contributed by atoms with van der Waals surface area (Å²) in [6, 6.07) is 0. The summed E-state index contributed by atoms with van der Waals surface area (Å²) < 4.78 is 5.22. The molecular formula is C14H27NO2. The molecule has 1 unspecified atom stereocenters. The summed E-state index contributed by atoms with van der Waals surface area (Å²) in [5.74, 6) is 1.53. The molecule has 3 N–H and O–H groups in total. The van der Waals surface area contributed by atoms with Gasteiger partial charge < -0.3 is 15.6 Å². The van der Waals surface area contributed by atoms with Gasteiger partial charge in [0.05, 0.1) is 5.60 Å². The van der Waals surface area contributed by atoms with Crippen molar-refractivity contribution in [1.82, 2.24) is 0 Å². The predicted octanol–water partition coefficient (Wildman–Crippen LogP) is 2.81. The minimum atomic E-state index is -0.855. The Morgan fingerprint density at radius 3 is 2.41 bits per heavy atom. The third-order valence-corrected chi connectivity index (χ3v) is 2.54. The average molecular weight is 241 g/mol. The molecule has 0 spiro atoms. The number of aliphatic hydroxyl groups is 1. The molecule has 0 saturated carbocycles. The standard InChI is InChI=1S/C14H27NO2/c1-6-12(11(2)3)8-7-9-13(15)17-10-14(4,5)16/h7-9,11-12,16H,6,10,15H2,1-5H3/b8-7-,13-9+. The molecule has 0 bridgehead atoms. The largest absolute Gasteiger partial charge is 0.476 e. The molecule has 0 aliphatic heterocycles. The third kappa shape index (κ3) is 8.81. The van der Waals surface area contributed by atoms with E-state index in [0.717, 1.165) is 6.42 Å². The minimum Gasteiger partial charge on any atom is -0.476 e. The Bertz CT molecular complexity index is 262. The molecule has 0 aromatic heterocycles. The summed E-state index contributed by atoms with van der Waals surface area (Å²) in [4.78, 5) is 0. The summed E-state index contributed by atoms with van der Waals surface area (Å²) in [5, 5.41) is 9.47. The lowest BCUT2D eigenvalue weighted by Crippen LogP contribution is -2.26. The molecule has 0 aromatic rings. The lowest BCUT2D eigenvalue weighted by atomic mass is 9.93. The quantitative estimate of drug-likeness (QED) is 0.532. The van der Waals surface area contributed by atoms with Gasteiger partial charge in [-0.3, -0.25) is 0 Å². The van der Waals surface area contributed by atoms with E-state index < -0.39 is 5.60 Å². The highest BCUT2D eigenvalue weighted by Crippen LogP contribution is 2.16. The molecule has 0 radical (unpaired) electrons. The van der Waals surface area contributed by atoms with Gasteiger partial charge in [0, 0.05) is 0 Å².